The molecule has 0 aromatic rings. The van der Waals surface area contributed by atoms with Gasteiger partial charge < -0.3 is 13.6 Å². The summed E-state index contributed by atoms with van der Waals surface area (Å²) in [6.45, 7) is 7.83. The normalized spacial score (nSPS) is 35.0. The Labute approximate surface area is 93.3 Å². The SMILES string of the molecule is CCO[Si](C)(OCC)C1CCCC2OC21. The number of rotatable bonds is 5. The summed E-state index contributed by atoms with van der Waals surface area (Å²) in [5.74, 6) is 0. The van der Waals surface area contributed by atoms with Gasteiger partial charge >= 0.3 is 8.56 Å². The van der Waals surface area contributed by atoms with Crippen molar-refractivity contribution in [3.63, 3.8) is 0 Å². The van der Waals surface area contributed by atoms with Gasteiger partial charge in [0, 0.05) is 18.8 Å². The van der Waals surface area contributed by atoms with Crippen molar-refractivity contribution in [2.75, 3.05) is 13.2 Å². The first-order valence-electron chi connectivity index (χ1n) is 6.14. The third-order valence-electron chi connectivity index (χ3n) is 3.56. The van der Waals surface area contributed by atoms with Crippen LogP contribution in [-0.4, -0.2) is 34.0 Å². The van der Waals surface area contributed by atoms with Gasteiger partial charge in [-0.25, -0.2) is 0 Å². The molecule has 0 aromatic carbocycles. The fraction of sp³-hybridized carbons (Fsp3) is 1.00. The van der Waals surface area contributed by atoms with Crippen molar-refractivity contribution in [1.29, 1.82) is 0 Å². The molecule has 88 valence electrons. The molecule has 3 unspecified atom stereocenters. The highest BCUT2D eigenvalue weighted by Gasteiger charge is 2.57. The number of ether oxygens (including phenoxy) is 1. The molecule has 15 heavy (non-hydrogen) atoms. The Bertz CT molecular complexity index is 216. The van der Waals surface area contributed by atoms with Crippen LogP contribution in [0, 0.1) is 0 Å². The lowest BCUT2D eigenvalue weighted by atomic mass is 10.0. The fourth-order valence-electron chi connectivity index (χ4n) is 2.84. The first-order valence-corrected chi connectivity index (χ1v) is 8.54. The molecule has 4 heteroatoms. The van der Waals surface area contributed by atoms with E-state index in [1.807, 2.05) is 0 Å². The first kappa shape index (κ1) is 11.6. The molecule has 1 aliphatic carbocycles. The van der Waals surface area contributed by atoms with Gasteiger partial charge in [0.2, 0.25) is 0 Å². The van der Waals surface area contributed by atoms with Crippen molar-refractivity contribution in [2.45, 2.75) is 57.4 Å². The van der Waals surface area contributed by atoms with Gasteiger partial charge in [-0.15, -0.1) is 0 Å². The molecule has 0 amide bonds. The number of fused-ring (bicyclic) bond motifs is 1. The summed E-state index contributed by atoms with van der Waals surface area (Å²) >= 11 is 0. The van der Waals surface area contributed by atoms with E-state index >= 15 is 0 Å². The maximum absolute atomic E-state index is 5.94. The highest BCUT2D eigenvalue weighted by molar-refractivity contribution is 6.68. The molecule has 0 aromatic heterocycles. The fourth-order valence-corrected chi connectivity index (χ4v) is 6.11. The predicted molar refractivity (Wildman–Crippen MR) is 61.1 cm³/mol. The van der Waals surface area contributed by atoms with Gasteiger partial charge in [0.15, 0.2) is 0 Å². The molecule has 1 heterocycles. The second kappa shape index (κ2) is 4.53. The van der Waals surface area contributed by atoms with Crippen molar-refractivity contribution >= 4 is 8.56 Å². The summed E-state index contributed by atoms with van der Waals surface area (Å²) in [6.07, 6.45) is 4.72. The van der Waals surface area contributed by atoms with E-state index in [0.717, 1.165) is 13.2 Å². The molecule has 2 fully saturated rings. The minimum absolute atomic E-state index is 0.452. The Balaban J connectivity index is 2.02. The topological polar surface area (TPSA) is 31.0 Å². The number of epoxide rings is 1. The molecule has 0 bridgehead atoms. The molecule has 0 radical (unpaired) electrons. The summed E-state index contributed by atoms with van der Waals surface area (Å²) in [7, 11) is -1.99. The lowest BCUT2D eigenvalue weighted by molar-refractivity contribution is 0.169. The third kappa shape index (κ3) is 2.28. The van der Waals surface area contributed by atoms with Crippen molar-refractivity contribution < 1.29 is 13.6 Å². The van der Waals surface area contributed by atoms with E-state index in [4.69, 9.17) is 13.6 Å². The minimum Gasteiger partial charge on any atom is -0.394 e. The third-order valence-corrected chi connectivity index (χ3v) is 7.25. The Morgan fingerprint density at radius 1 is 1.20 bits per heavy atom. The average molecular weight is 230 g/mol. The lowest BCUT2D eigenvalue weighted by Gasteiger charge is -2.34. The summed E-state index contributed by atoms with van der Waals surface area (Å²) in [5.41, 5.74) is 0.552. The van der Waals surface area contributed by atoms with Crippen LogP contribution in [0.2, 0.25) is 12.1 Å². The summed E-state index contributed by atoms with van der Waals surface area (Å²) in [6, 6.07) is 0. The van der Waals surface area contributed by atoms with Crippen LogP contribution >= 0.6 is 0 Å². The van der Waals surface area contributed by atoms with Gasteiger partial charge in [0.05, 0.1) is 12.2 Å². The summed E-state index contributed by atoms with van der Waals surface area (Å²) < 4.78 is 17.6. The highest BCUT2D eigenvalue weighted by Crippen LogP contribution is 2.49. The van der Waals surface area contributed by atoms with Crippen molar-refractivity contribution in [1.82, 2.24) is 0 Å². The molecule has 1 aliphatic heterocycles. The van der Waals surface area contributed by atoms with E-state index in [0.29, 0.717) is 17.7 Å². The molecule has 2 aliphatic rings. The van der Waals surface area contributed by atoms with Gasteiger partial charge in [-0.05, 0) is 33.2 Å². The minimum atomic E-state index is -1.99. The van der Waals surface area contributed by atoms with Gasteiger partial charge in [0.1, 0.15) is 0 Å². The van der Waals surface area contributed by atoms with Gasteiger partial charge in [0.25, 0.3) is 0 Å². The molecule has 0 N–H and O–H groups in total. The molecule has 2 rings (SSSR count). The van der Waals surface area contributed by atoms with Crippen molar-refractivity contribution in [3.8, 4) is 0 Å². The predicted octanol–water partition coefficient (Wildman–Crippen LogP) is 2.45. The summed E-state index contributed by atoms with van der Waals surface area (Å²) in [5, 5.41) is 0. The largest absolute Gasteiger partial charge is 0.394 e. The van der Waals surface area contributed by atoms with E-state index in [-0.39, 0.29) is 0 Å². The zero-order valence-corrected chi connectivity index (χ0v) is 11.0. The Hall–Kier alpha value is 0.0969. The Kier molecular flexibility index (Phi) is 3.50. The molecule has 1 saturated carbocycles. The van der Waals surface area contributed by atoms with Crippen LogP contribution in [0.25, 0.3) is 0 Å². The van der Waals surface area contributed by atoms with Crippen LogP contribution in [0.15, 0.2) is 0 Å². The number of hydrogen-bond acceptors (Lipinski definition) is 3. The quantitative estimate of drug-likeness (QED) is 0.537. The van der Waals surface area contributed by atoms with E-state index in [9.17, 15) is 0 Å². The van der Waals surface area contributed by atoms with E-state index in [1.54, 1.807) is 0 Å². The van der Waals surface area contributed by atoms with Crippen LogP contribution in [0.3, 0.4) is 0 Å². The van der Waals surface area contributed by atoms with Crippen LogP contribution in [0.4, 0.5) is 0 Å². The van der Waals surface area contributed by atoms with Gasteiger partial charge in [-0.1, -0.05) is 6.42 Å². The van der Waals surface area contributed by atoms with E-state index in [1.165, 1.54) is 19.3 Å². The molecule has 0 spiro atoms. The van der Waals surface area contributed by atoms with Crippen LogP contribution in [0.5, 0.6) is 0 Å². The molecular weight excluding hydrogens is 208 g/mol. The standard InChI is InChI=1S/C11H22O3Si/c1-4-12-15(3,13-5-2)10-8-6-7-9-11(10)14-9/h9-11H,4-8H2,1-3H3. The maximum Gasteiger partial charge on any atom is 0.340 e. The average Bonchev–Trinajstić information content (AvgIpc) is 2.96. The molecule has 3 atom stereocenters. The Morgan fingerprint density at radius 3 is 2.47 bits per heavy atom. The maximum atomic E-state index is 5.94. The molecule has 3 nitrogen and oxygen atoms in total. The van der Waals surface area contributed by atoms with Crippen LogP contribution < -0.4 is 0 Å². The first-order chi connectivity index (χ1) is 7.21. The van der Waals surface area contributed by atoms with Crippen LogP contribution in [0.1, 0.15) is 33.1 Å². The van der Waals surface area contributed by atoms with Crippen molar-refractivity contribution in [3.05, 3.63) is 0 Å². The smallest absolute Gasteiger partial charge is 0.340 e. The second-order valence-corrected chi connectivity index (χ2v) is 7.91. The second-order valence-electron chi connectivity index (χ2n) is 4.56. The van der Waals surface area contributed by atoms with E-state index < -0.39 is 8.56 Å². The van der Waals surface area contributed by atoms with Gasteiger partial charge in [-0.2, -0.15) is 0 Å². The lowest BCUT2D eigenvalue weighted by Crippen LogP contribution is -2.47. The van der Waals surface area contributed by atoms with Gasteiger partial charge in [-0.3, -0.25) is 0 Å². The summed E-state index contributed by atoms with van der Waals surface area (Å²) in [4.78, 5) is 0. The van der Waals surface area contributed by atoms with Crippen molar-refractivity contribution in [2.24, 2.45) is 0 Å². The van der Waals surface area contributed by atoms with Crippen LogP contribution in [-0.2, 0) is 13.6 Å². The molecule has 1 saturated heterocycles. The number of hydrogen-bond donors (Lipinski definition) is 0. The molecular formula is C11H22O3Si. The zero-order chi connectivity index (χ0) is 10.9. The monoisotopic (exact) mass is 230 g/mol. The Morgan fingerprint density at radius 2 is 1.87 bits per heavy atom. The highest BCUT2D eigenvalue weighted by atomic mass is 28.4. The zero-order valence-electron chi connectivity index (χ0n) is 9.99. The van der Waals surface area contributed by atoms with E-state index in [2.05, 4.69) is 20.4 Å².